The number of ether oxygens (including phenoxy) is 3. The smallest absolute Gasteiger partial charge is 0.416 e. The molecule has 64 heavy (non-hydrogen) atoms. The lowest BCUT2D eigenvalue weighted by Gasteiger charge is -2.09. The van der Waals surface area contributed by atoms with Crippen molar-refractivity contribution in [3.05, 3.63) is 202 Å². The third-order valence-corrected chi connectivity index (χ3v) is 9.40. The van der Waals surface area contributed by atoms with Crippen LogP contribution in [-0.4, -0.2) is 37.0 Å². The molecule has 0 atom stereocenters. The van der Waals surface area contributed by atoms with E-state index < -0.39 is 29.4 Å². The second kappa shape index (κ2) is 19.4. The number of aromatic nitrogens is 4. The first-order valence-corrected chi connectivity index (χ1v) is 19.2. The van der Waals surface area contributed by atoms with Crippen LogP contribution >= 0.6 is 0 Å². The molecule has 0 saturated heterocycles. The summed E-state index contributed by atoms with van der Waals surface area (Å²) in [6, 6.07) is 34.3. The van der Waals surface area contributed by atoms with Crippen LogP contribution in [0.1, 0.15) is 61.0 Å². The molecule has 0 bridgehead atoms. The van der Waals surface area contributed by atoms with Crippen molar-refractivity contribution in [2.45, 2.75) is 32.2 Å². The zero-order valence-electron chi connectivity index (χ0n) is 33.6. The predicted molar refractivity (Wildman–Crippen MR) is 224 cm³/mol. The molecule has 9 nitrogen and oxygen atoms in total. The molecule has 4 aromatic carbocycles. The van der Waals surface area contributed by atoms with E-state index in [9.17, 15) is 36.2 Å². The first-order chi connectivity index (χ1) is 30.8. The molecular formula is C49H34F6N4O5. The van der Waals surface area contributed by atoms with Gasteiger partial charge in [-0.25, -0.2) is 14.8 Å². The summed E-state index contributed by atoms with van der Waals surface area (Å²) in [4.78, 5) is 21.1. The lowest BCUT2D eigenvalue weighted by atomic mass is 10.1. The van der Waals surface area contributed by atoms with Gasteiger partial charge in [0.2, 0.25) is 0 Å². The van der Waals surface area contributed by atoms with E-state index in [-0.39, 0.29) is 36.5 Å². The number of para-hydroxylation sites is 2. The Balaban J connectivity index is 0.000000192. The van der Waals surface area contributed by atoms with E-state index in [0.717, 1.165) is 24.3 Å². The second-order valence-corrected chi connectivity index (χ2v) is 13.7. The van der Waals surface area contributed by atoms with Crippen LogP contribution in [0.4, 0.5) is 26.3 Å². The number of esters is 1. The lowest BCUT2D eigenvalue weighted by Crippen LogP contribution is -2.06. The van der Waals surface area contributed by atoms with E-state index in [1.165, 1.54) is 31.4 Å². The first kappa shape index (κ1) is 44.1. The number of rotatable bonds is 8. The van der Waals surface area contributed by atoms with E-state index in [4.69, 9.17) is 14.2 Å². The van der Waals surface area contributed by atoms with Crippen molar-refractivity contribution in [3.8, 4) is 35.2 Å². The summed E-state index contributed by atoms with van der Waals surface area (Å²) in [6.45, 7) is -0.0862. The Morgan fingerprint density at radius 2 is 1.06 bits per heavy atom. The molecule has 0 aliphatic rings. The number of benzene rings is 4. The molecule has 4 heterocycles. The number of halogens is 6. The summed E-state index contributed by atoms with van der Waals surface area (Å²) >= 11 is 0. The number of imidazole rings is 2. The molecule has 0 spiro atoms. The highest BCUT2D eigenvalue weighted by Gasteiger charge is 2.31. The minimum atomic E-state index is -4.45. The largest absolute Gasteiger partial charge is 0.487 e. The number of carbonyl (C=O) groups excluding carboxylic acids is 1. The van der Waals surface area contributed by atoms with Crippen LogP contribution in [0, 0.1) is 23.7 Å². The van der Waals surface area contributed by atoms with Crippen molar-refractivity contribution in [2.24, 2.45) is 0 Å². The van der Waals surface area contributed by atoms with Gasteiger partial charge in [0, 0.05) is 29.1 Å². The second-order valence-electron chi connectivity index (χ2n) is 13.7. The van der Waals surface area contributed by atoms with Gasteiger partial charge in [0.15, 0.2) is 0 Å². The van der Waals surface area contributed by atoms with Crippen molar-refractivity contribution >= 4 is 17.3 Å². The number of alkyl halides is 6. The molecule has 0 aliphatic carbocycles. The number of aliphatic hydroxyl groups excluding tert-OH is 1. The van der Waals surface area contributed by atoms with Crippen molar-refractivity contribution < 1.29 is 50.5 Å². The van der Waals surface area contributed by atoms with Crippen molar-refractivity contribution in [1.82, 2.24) is 18.8 Å². The number of pyridine rings is 2. The van der Waals surface area contributed by atoms with Crippen LogP contribution < -0.4 is 9.47 Å². The fourth-order valence-electron chi connectivity index (χ4n) is 6.30. The number of aliphatic hydroxyl groups is 1. The predicted octanol–water partition coefficient (Wildman–Crippen LogP) is 9.94. The van der Waals surface area contributed by atoms with Crippen LogP contribution in [0.25, 0.3) is 11.3 Å². The van der Waals surface area contributed by atoms with Gasteiger partial charge in [0.1, 0.15) is 64.3 Å². The molecule has 1 N–H and O–H groups in total. The molecule has 0 unspecified atom stereocenters. The summed E-state index contributed by atoms with van der Waals surface area (Å²) in [5.74, 6) is 11.8. The van der Waals surface area contributed by atoms with Gasteiger partial charge in [0.25, 0.3) is 0 Å². The molecule has 0 aliphatic heterocycles. The Morgan fingerprint density at radius 3 is 1.56 bits per heavy atom. The highest BCUT2D eigenvalue weighted by atomic mass is 19.4. The molecule has 8 rings (SSSR count). The van der Waals surface area contributed by atoms with Crippen molar-refractivity contribution in [1.29, 1.82) is 0 Å². The van der Waals surface area contributed by atoms with Gasteiger partial charge in [-0.3, -0.25) is 8.80 Å². The average Bonchev–Trinajstić information content (AvgIpc) is 3.85. The number of nitrogens with zero attached hydrogens (tertiary/aromatic N) is 4. The monoisotopic (exact) mass is 872 g/mol. The van der Waals surface area contributed by atoms with E-state index in [0.29, 0.717) is 51.1 Å². The topological polar surface area (TPSA) is 99.6 Å². The van der Waals surface area contributed by atoms with E-state index >= 15 is 0 Å². The summed E-state index contributed by atoms with van der Waals surface area (Å²) in [5.41, 5.74) is 3.11. The Kier molecular flexibility index (Phi) is 13.3. The number of fused-ring (bicyclic) bond motifs is 2. The van der Waals surface area contributed by atoms with Gasteiger partial charge in [-0.1, -0.05) is 66.4 Å². The Hall–Kier alpha value is -8.01. The third-order valence-electron chi connectivity index (χ3n) is 9.40. The number of hydrogen-bond donors (Lipinski definition) is 1. The fourth-order valence-corrected chi connectivity index (χ4v) is 6.30. The maximum absolute atomic E-state index is 13.0. The molecule has 4 aromatic heterocycles. The molecule has 0 fully saturated rings. The third kappa shape index (κ3) is 10.5. The van der Waals surface area contributed by atoms with Gasteiger partial charge < -0.3 is 19.3 Å². The molecule has 15 heteroatoms. The Labute approximate surface area is 362 Å². The molecule has 8 aromatic rings. The lowest BCUT2D eigenvalue weighted by molar-refractivity contribution is -0.138. The van der Waals surface area contributed by atoms with Crippen LogP contribution in [0.5, 0.6) is 11.5 Å². The molecular weight excluding hydrogens is 839 g/mol. The first-order valence-electron chi connectivity index (χ1n) is 19.2. The van der Waals surface area contributed by atoms with Gasteiger partial charge in [0.05, 0.1) is 24.8 Å². The zero-order valence-corrected chi connectivity index (χ0v) is 33.6. The highest BCUT2D eigenvalue weighted by Crippen LogP contribution is 2.31. The van der Waals surface area contributed by atoms with Crippen molar-refractivity contribution in [3.63, 3.8) is 0 Å². The van der Waals surface area contributed by atoms with Crippen LogP contribution in [0.2, 0.25) is 0 Å². The number of carbonyl (C=O) groups is 1. The zero-order chi connectivity index (χ0) is 45.3. The number of methoxy groups -OCH3 is 1. The Morgan fingerprint density at radius 1 is 0.594 bits per heavy atom. The van der Waals surface area contributed by atoms with E-state index in [2.05, 4.69) is 33.6 Å². The van der Waals surface area contributed by atoms with Gasteiger partial charge in [-0.05, 0) is 90.7 Å². The Bertz CT molecular complexity index is 3080. The summed E-state index contributed by atoms with van der Waals surface area (Å²) in [6.07, 6.45) is -5.35. The van der Waals surface area contributed by atoms with Crippen LogP contribution in [-0.2, 0) is 36.9 Å². The quantitative estimate of drug-likeness (QED) is 0.0923. The standard InChI is InChI=1S/C25H17F3N2O3.C24H17F3N2O2/c1-32-24(31)19-9-2-3-10-22(19)33-16-20-21(30-14-5-4-11-23(30)29-20)13-12-17-7-6-8-18(15-17)25(26,27)28;25-24(26,27)19-8-5-6-17(14-19)11-12-21-20(28-23-10-3-4-13-29(21)23)16-31-22-9-2-1-7-18(22)15-30/h2-11,14-15H,16H2,1H3;1-10,13-14,30H,15-16H2. The minimum Gasteiger partial charge on any atom is -0.487 e. The van der Waals surface area contributed by atoms with Gasteiger partial charge in [-0.15, -0.1) is 0 Å². The summed E-state index contributed by atoms with van der Waals surface area (Å²) < 4.78 is 98.0. The van der Waals surface area contributed by atoms with E-state index in [1.54, 1.807) is 87.9 Å². The molecule has 0 saturated carbocycles. The minimum absolute atomic E-state index is 0.0116. The maximum Gasteiger partial charge on any atom is 0.416 e. The van der Waals surface area contributed by atoms with Gasteiger partial charge >= 0.3 is 18.3 Å². The summed E-state index contributed by atoms with van der Waals surface area (Å²) in [5, 5.41) is 9.47. The molecule has 0 radical (unpaired) electrons. The van der Waals surface area contributed by atoms with Crippen molar-refractivity contribution in [2.75, 3.05) is 7.11 Å². The van der Waals surface area contributed by atoms with Gasteiger partial charge in [-0.2, -0.15) is 26.3 Å². The normalized spacial score (nSPS) is 11.1. The molecule has 0 amide bonds. The van der Waals surface area contributed by atoms with Crippen LogP contribution in [0.15, 0.2) is 146 Å². The fraction of sp³-hybridized carbons (Fsp3) is 0.122. The summed E-state index contributed by atoms with van der Waals surface area (Å²) in [7, 11) is 1.28. The van der Waals surface area contributed by atoms with Crippen LogP contribution in [0.3, 0.4) is 0 Å². The highest BCUT2D eigenvalue weighted by molar-refractivity contribution is 5.92. The average molecular weight is 873 g/mol. The molecule has 322 valence electrons. The van der Waals surface area contributed by atoms with E-state index in [1.807, 2.05) is 18.2 Å². The maximum atomic E-state index is 13.0. The SMILES string of the molecule is COC(=O)c1ccccc1OCc1nc2ccccn2c1C#Cc1cccc(C(F)(F)F)c1.OCc1ccccc1OCc1nc2ccccn2c1C#Cc1cccc(C(F)(F)F)c1. The number of hydrogen-bond acceptors (Lipinski definition) is 7.